The van der Waals surface area contributed by atoms with Gasteiger partial charge in [0, 0.05) is 25.7 Å². The molecule has 104 valence electrons. The monoisotopic (exact) mass is 261 g/mol. The van der Waals surface area contributed by atoms with Crippen molar-refractivity contribution in [1.29, 1.82) is 0 Å². The Hall–Kier alpha value is -1.71. The van der Waals surface area contributed by atoms with Crippen LogP contribution in [0.15, 0.2) is 18.2 Å². The van der Waals surface area contributed by atoms with Gasteiger partial charge in [0.25, 0.3) is 5.91 Å². The zero-order valence-corrected chi connectivity index (χ0v) is 11.6. The Kier molecular flexibility index (Phi) is 4.66. The van der Waals surface area contributed by atoms with Gasteiger partial charge in [-0.1, -0.05) is 19.3 Å². The van der Waals surface area contributed by atoms with E-state index in [9.17, 15) is 4.79 Å². The van der Waals surface area contributed by atoms with Crippen LogP contribution in [0.25, 0.3) is 0 Å². The molecule has 0 radical (unpaired) electrons. The van der Waals surface area contributed by atoms with E-state index in [1.54, 1.807) is 13.1 Å². The van der Waals surface area contributed by atoms with Crippen molar-refractivity contribution in [3.63, 3.8) is 0 Å². The molecule has 0 bridgehead atoms. The Bertz CT molecular complexity index is 437. The van der Waals surface area contributed by atoms with E-state index in [0.29, 0.717) is 11.3 Å². The summed E-state index contributed by atoms with van der Waals surface area (Å²) < 4.78 is 0. The summed E-state index contributed by atoms with van der Waals surface area (Å²) in [5.41, 5.74) is 8.49. The maximum atomic E-state index is 11.6. The van der Waals surface area contributed by atoms with E-state index in [2.05, 4.69) is 10.2 Å². The average molecular weight is 261 g/mol. The van der Waals surface area contributed by atoms with Crippen LogP contribution >= 0.6 is 0 Å². The summed E-state index contributed by atoms with van der Waals surface area (Å²) in [4.78, 5) is 13.9. The quantitative estimate of drug-likeness (QED) is 0.804. The van der Waals surface area contributed by atoms with Crippen LogP contribution in [0.2, 0.25) is 0 Å². The minimum atomic E-state index is -0.0917. The maximum Gasteiger partial charge on any atom is 0.251 e. The molecule has 1 saturated heterocycles. The summed E-state index contributed by atoms with van der Waals surface area (Å²) in [5, 5.41) is 2.62. The molecule has 4 nitrogen and oxygen atoms in total. The van der Waals surface area contributed by atoms with Crippen LogP contribution in [0, 0.1) is 0 Å². The predicted molar refractivity (Wildman–Crippen MR) is 79.5 cm³/mol. The van der Waals surface area contributed by atoms with Crippen molar-refractivity contribution in [2.24, 2.45) is 0 Å². The molecule has 0 atom stereocenters. The summed E-state index contributed by atoms with van der Waals surface area (Å²) in [7, 11) is 1.63. The number of anilines is 2. The lowest BCUT2D eigenvalue weighted by atomic mass is 10.1. The van der Waals surface area contributed by atoms with E-state index in [-0.39, 0.29) is 5.91 Å². The third-order valence-corrected chi connectivity index (χ3v) is 3.71. The standard InChI is InChI=1S/C15H23N3O/c1-17-15(19)12-7-8-14(13(16)11-12)18-9-5-3-2-4-6-10-18/h7-8,11H,2-6,9-10,16H2,1H3,(H,17,19). The van der Waals surface area contributed by atoms with Crippen LogP contribution in [0.4, 0.5) is 11.4 Å². The molecule has 1 amide bonds. The van der Waals surface area contributed by atoms with Gasteiger partial charge >= 0.3 is 0 Å². The van der Waals surface area contributed by atoms with E-state index in [1.165, 1.54) is 32.1 Å². The lowest BCUT2D eigenvalue weighted by Gasteiger charge is -2.28. The first-order valence-electron chi connectivity index (χ1n) is 7.09. The molecule has 1 heterocycles. The Morgan fingerprint density at radius 3 is 2.37 bits per heavy atom. The highest BCUT2D eigenvalue weighted by atomic mass is 16.1. The van der Waals surface area contributed by atoms with Gasteiger partial charge in [0.05, 0.1) is 11.4 Å². The summed E-state index contributed by atoms with van der Waals surface area (Å²) in [5.74, 6) is -0.0917. The van der Waals surface area contributed by atoms with Crippen LogP contribution in [-0.2, 0) is 0 Å². The molecule has 2 rings (SSSR count). The van der Waals surface area contributed by atoms with Crippen molar-refractivity contribution in [3.05, 3.63) is 23.8 Å². The predicted octanol–water partition coefficient (Wildman–Crippen LogP) is 2.40. The van der Waals surface area contributed by atoms with Gasteiger partial charge in [-0.05, 0) is 31.0 Å². The fourth-order valence-electron chi connectivity index (χ4n) is 2.62. The number of nitrogens with one attached hydrogen (secondary N) is 1. The molecule has 0 saturated carbocycles. The third kappa shape index (κ3) is 3.40. The highest BCUT2D eigenvalue weighted by Gasteiger charge is 2.13. The molecule has 19 heavy (non-hydrogen) atoms. The number of hydrogen-bond donors (Lipinski definition) is 2. The molecule has 0 aromatic heterocycles. The zero-order valence-electron chi connectivity index (χ0n) is 11.6. The molecule has 1 aromatic rings. The Morgan fingerprint density at radius 1 is 1.16 bits per heavy atom. The summed E-state index contributed by atoms with van der Waals surface area (Å²) >= 11 is 0. The van der Waals surface area contributed by atoms with Crippen LogP contribution < -0.4 is 16.0 Å². The number of nitrogen functional groups attached to an aromatic ring is 1. The van der Waals surface area contributed by atoms with Crippen molar-refractivity contribution < 1.29 is 4.79 Å². The fourth-order valence-corrected chi connectivity index (χ4v) is 2.62. The number of carbonyl (C=O) groups excluding carboxylic acids is 1. The Morgan fingerprint density at radius 2 is 1.79 bits per heavy atom. The number of hydrogen-bond acceptors (Lipinski definition) is 3. The van der Waals surface area contributed by atoms with Gasteiger partial charge in [0.1, 0.15) is 0 Å². The van der Waals surface area contributed by atoms with Crippen molar-refractivity contribution in [3.8, 4) is 0 Å². The number of rotatable bonds is 2. The second kappa shape index (κ2) is 6.45. The number of nitrogens with two attached hydrogens (primary N) is 1. The highest BCUT2D eigenvalue weighted by molar-refractivity contribution is 5.96. The number of amides is 1. The van der Waals surface area contributed by atoms with E-state index in [4.69, 9.17) is 5.73 Å². The van der Waals surface area contributed by atoms with E-state index >= 15 is 0 Å². The lowest BCUT2D eigenvalue weighted by molar-refractivity contribution is 0.0963. The van der Waals surface area contributed by atoms with Gasteiger partial charge in [-0.15, -0.1) is 0 Å². The minimum Gasteiger partial charge on any atom is -0.397 e. The van der Waals surface area contributed by atoms with Crippen molar-refractivity contribution in [2.45, 2.75) is 32.1 Å². The maximum absolute atomic E-state index is 11.6. The number of carbonyl (C=O) groups is 1. The molecule has 0 aliphatic carbocycles. The molecule has 4 heteroatoms. The minimum absolute atomic E-state index is 0.0917. The van der Waals surface area contributed by atoms with Crippen molar-refractivity contribution in [1.82, 2.24) is 5.32 Å². The topological polar surface area (TPSA) is 58.4 Å². The second-order valence-electron chi connectivity index (χ2n) is 5.11. The van der Waals surface area contributed by atoms with Crippen LogP contribution in [0.1, 0.15) is 42.5 Å². The third-order valence-electron chi connectivity index (χ3n) is 3.71. The first-order chi connectivity index (χ1) is 9.22. The fraction of sp³-hybridized carbons (Fsp3) is 0.533. The van der Waals surface area contributed by atoms with Gasteiger partial charge in [0.2, 0.25) is 0 Å². The molecular formula is C15H23N3O. The molecule has 0 spiro atoms. The number of nitrogens with zero attached hydrogens (tertiary/aromatic N) is 1. The molecule has 0 unspecified atom stereocenters. The van der Waals surface area contributed by atoms with Gasteiger partial charge < -0.3 is 16.0 Å². The van der Waals surface area contributed by atoms with Crippen molar-refractivity contribution >= 4 is 17.3 Å². The van der Waals surface area contributed by atoms with Gasteiger partial charge in [0.15, 0.2) is 0 Å². The molecule has 1 aliphatic rings. The first kappa shape index (κ1) is 13.7. The summed E-state index contributed by atoms with van der Waals surface area (Å²) in [6, 6.07) is 5.59. The van der Waals surface area contributed by atoms with Gasteiger partial charge in [-0.2, -0.15) is 0 Å². The Balaban J connectivity index is 2.16. The number of benzene rings is 1. The molecule has 1 aromatic carbocycles. The van der Waals surface area contributed by atoms with E-state index in [1.807, 2.05) is 12.1 Å². The van der Waals surface area contributed by atoms with E-state index in [0.717, 1.165) is 18.8 Å². The Labute approximate surface area is 115 Å². The molecular weight excluding hydrogens is 238 g/mol. The first-order valence-corrected chi connectivity index (χ1v) is 7.09. The molecule has 3 N–H and O–H groups in total. The van der Waals surface area contributed by atoms with Crippen molar-refractivity contribution in [2.75, 3.05) is 30.8 Å². The lowest BCUT2D eigenvalue weighted by Crippen LogP contribution is -2.28. The molecule has 1 aliphatic heterocycles. The van der Waals surface area contributed by atoms with Crippen LogP contribution in [0.3, 0.4) is 0 Å². The smallest absolute Gasteiger partial charge is 0.251 e. The average Bonchev–Trinajstić information content (AvgIpc) is 2.38. The summed E-state index contributed by atoms with van der Waals surface area (Å²) in [6.07, 6.45) is 6.38. The second-order valence-corrected chi connectivity index (χ2v) is 5.11. The van der Waals surface area contributed by atoms with Crippen LogP contribution in [-0.4, -0.2) is 26.0 Å². The van der Waals surface area contributed by atoms with Gasteiger partial charge in [-0.3, -0.25) is 4.79 Å². The largest absolute Gasteiger partial charge is 0.397 e. The zero-order chi connectivity index (χ0) is 13.7. The summed E-state index contributed by atoms with van der Waals surface area (Å²) in [6.45, 7) is 2.12. The SMILES string of the molecule is CNC(=O)c1ccc(N2CCCCCCC2)c(N)c1. The van der Waals surface area contributed by atoms with E-state index < -0.39 is 0 Å². The molecule has 1 fully saturated rings. The van der Waals surface area contributed by atoms with Gasteiger partial charge in [-0.25, -0.2) is 0 Å². The normalized spacial score (nSPS) is 16.6. The van der Waals surface area contributed by atoms with Crippen LogP contribution in [0.5, 0.6) is 0 Å². The highest BCUT2D eigenvalue weighted by Crippen LogP contribution is 2.26.